The first-order valence-electron chi connectivity index (χ1n) is 5.45. The third-order valence-corrected chi connectivity index (χ3v) is 3.76. The van der Waals surface area contributed by atoms with Gasteiger partial charge >= 0.3 is 7.12 Å². The molecule has 0 radical (unpaired) electrons. The molecule has 0 spiro atoms. The third kappa shape index (κ3) is 2.07. The quantitative estimate of drug-likeness (QED) is 0.513. The topological polar surface area (TPSA) is 62.2 Å². The highest BCUT2D eigenvalue weighted by Gasteiger charge is 2.25. The Kier molecular flexibility index (Phi) is 3.13. The van der Waals surface area contributed by atoms with Gasteiger partial charge in [0, 0.05) is 37.2 Å². The fraction of sp³-hybridized carbons (Fsp3) is 0. The molecule has 0 bridgehead atoms. The van der Waals surface area contributed by atoms with Gasteiger partial charge in [0.15, 0.2) is 14.3 Å². The number of rotatable bonds is 3. The van der Waals surface area contributed by atoms with Crippen LogP contribution in [-0.2, 0) is 0 Å². The number of imidazole rings is 3. The highest BCUT2D eigenvalue weighted by Crippen LogP contribution is 2.04. The van der Waals surface area contributed by atoms with E-state index in [1.165, 1.54) is 0 Å². The van der Waals surface area contributed by atoms with Crippen LogP contribution in [0.1, 0.15) is 0 Å². The molecule has 0 fully saturated rings. The molecule has 0 aliphatic heterocycles. The van der Waals surface area contributed by atoms with Crippen molar-refractivity contribution in [3.05, 3.63) is 51.5 Å². The fourth-order valence-electron chi connectivity index (χ4n) is 1.94. The molecule has 10 heteroatoms. The lowest BCUT2D eigenvalue weighted by molar-refractivity contribution is 0.922. The monoisotopic (exact) mass is 308 g/mol. The van der Waals surface area contributed by atoms with Crippen molar-refractivity contribution in [1.29, 1.82) is 0 Å². The molecule has 19 heavy (non-hydrogen) atoms. The predicted octanol–water partition coefficient (Wildman–Crippen LogP) is 2.19. The lowest BCUT2D eigenvalue weighted by Gasteiger charge is -2.15. The molecule has 0 atom stereocenters. The Hall–Kier alpha value is -1.65. The van der Waals surface area contributed by atoms with Gasteiger partial charge in [0.25, 0.3) is 0 Å². The van der Waals surface area contributed by atoms with Crippen LogP contribution in [0.15, 0.2) is 37.2 Å². The molecule has 0 aromatic carbocycles. The lowest BCUT2D eigenvalue weighted by atomic mass is 9.92. The maximum atomic E-state index is 5.29. The van der Waals surface area contributed by atoms with Crippen molar-refractivity contribution in [3.63, 3.8) is 0 Å². The van der Waals surface area contributed by atoms with Gasteiger partial charge in [0.1, 0.15) is 0 Å². The van der Waals surface area contributed by atoms with Crippen LogP contribution in [-0.4, -0.2) is 35.5 Å². The molecular formula is C9H9BN6S3. The van der Waals surface area contributed by atoms with Crippen molar-refractivity contribution in [3.8, 4) is 0 Å². The Morgan fingerprint density at radius 3 is 1.21 bits per heavy atom. The first-order valence-corrected chi connectivity index (χ1v) is 6.67. The number of aromatic amines is 3. The van der Waals surface area contributed by atoms with Crippen molar-refractivity contribution in [2.75, 3.05) is 0 Å². The zero-order valence-electron chi connectivity index (χ0n) is 9.61. The summed E-state index contributed by atoms with van der Waals surface area (Å²) in [6.45, 7) is 0. The van der Waals surface area contributed by atoms with Crippen LogP contribution in [0.4, 0.5) is 0 Å². The zero-order valence-corrected chi connectivity index (χ0v) is 12.1. The van der Waals surface area contributed by atoms with Gasteiger partial charge < -0.3 is 28.4 Å². The van der Waals surface area contributed by atoms with Crippen molar-refractivity contribution in [2.24, 2.45) is 0 Å². The van der Waals surface area contributed by atoms with E-state index in [-0.39, 0.29) is 7.12 Å². The van der Waals surface area contributed by atoms with Crippen LogP contribution < -0.4 is 0 Å². The van der Waals surface area contributed by atoms with E-state index in [1.54, 1.807) is 18.6 Å². The average molecular weight is 308 g/mol. The van der Waals surface area contributed by atoms with Crippen LogP contribution in [0.2, 0.25) is 0 Å². The predicted molar refractivity (Wildman–Crippen MR) is 80.8 cm³/mol. The van der Waals surface area contributed by atoms with Gasteiger partial charge in [0.05, 0.1) is 0 Å². The number of aromatic nitrogens is 6. The second-order valence-corrected chi connectivity index (χ2v) is 5.02. The van der Waals surface area contributed by atoms with Gasteiger partial charge in [-0.15, -0.1) is 0 Å². The molecule has 3 aromatic heterocycles. The van der Waals surface area contributed by atoms with Crippen LogP contribution in [0.5, 0.6) is 0 Å². The van der Waals surface area contributed by atoms with Gasteiger partial charge in [0.2, 0.25) is 0 Å². The van der Waals surface area contributed by atoms with Crippen molar-refractivity contribution < 1.29 is 0 Å². The molecule has 0 saturated heterocycles. The molecular weight excluding hydrogens is 299 g/mol. The maximum absolute atomic E-state index is 5.29. The molecule has 0 unspecified atom stereocenters. The molecule has 3 N–H and O–H groups in total. The molecule has 6 nitrogen and oxygen atoms in total. The average Bonchev–Trinajstić information content (AvgIpc) is 3.07. The number of nitrogens with zero attached hydrogens (tertiary/aromatic N) is 3. The van der Waals surface area contributed by atoms with Crippen LogP contribution >= 0.6 is 36.7 Å². The third-order valence-electron chi connectivity index (χ3n) is 2.78. The first-order chi connectivity index (χ1) is 9.18. The summed E-state index contributed by atoms with van der Waals surface area (Å²) in [4.78, 5) is 8.92. The molecule has 0 aliphatic carbocycles. The van der Waals surface area contributed by atoms with Crippen LogP contribution in [0.3, 0.4) is 0 Å². The Balaban J connectivity index is 2.29. The summed E-state index contributed by atoms with van der Waals surface area (Å²) in [6.07, 6.45) is 10.9. The number of hydrogen-bond acceptors (Lipinski definition) is 3. The van der Waals surface area contributed by atoms with Gasteiger partial charge in [-0.05, 0) is 36.7 Å². The summed E-state index contributed by atoms with van der Waals surface area (Å²) in [7, 11) is -0.281. The summed E-state index contributed by atoms with van der Waals surface area (Å²) in [6, 6.07) is 0. The normalized spacial score (nSPS) is 10.7. The van der Waals surface area contributed by atoms with E-state index in [9.17, 15) is 0 Å². The minimum Gasteiger partial charge on any atom is -0.338 e. The van der Waals surface area contributed by atoms with E-state index < -0.39 is 0 Å². The van der Waals surface area contributed by atoms with E-state index in [4.69, 9.17) is 36.7 Å². The Morgan fingerprint density at radius 2 is 1.00 bits per heavy atom. The van der Waals surface area contributed by atoms with Crippen molar-refractivity contribution in [1.82, 2.24) is 28.4 Å². The minimum atomic E-state index is -0.281. The largest absolute Gasteiger partial charge is 0.523 e. The molecule has 3 aromatic rings. The zero-order chi connectivity index (χ0) is 13.4. The maximum Gasteiger partial charge on any atom is 0.523 e. The van der Waals surface area contributed by atoms with Gasteiger partial charge in [-0.3, -0.25) is 0 Å². The summed E-state index contributed by atoms with van der Waals surface area (Å²) >= 11 is 15.9. The fourth-order valence-corrected chi connectivity index (χ4v) is 2.61. The van der Waals surface area contributed by atoms with E-state index in [2.05, 4.69) is 15.0 Å². The number of H-pyrrole nitrogens is 3. The van der Waals surface area contributed by atoms with Gasteiger partial charge in [-0.1, -0.05) is 0 Å². The standard InChI is InChI=1S/C9H9BN6S3/c17-7-11-1-4-14(7)10(15-5-2-12-8(15)18)16-6-3-13-9(16)19/h1-6H,(H,11,17)(H,12,18)(H,13,19). The smallest absolute Gasteiger partial charge is 0.338 e. The number of nitrogens with one attached hydrogen (secondary N) is 3. The molecule has 0 amide bonds. The lowest BCUT2D eigenvalue weighted by Crippen LogP contribution is -2.41. The Bertz CT molecular complexity index is 746. The molecule has 3 rings (SSSR count). The summed E-state index contributed by atoms with van der Waals surface area (Å²) in [5, 5.41) is 0. The highest BCUT2D eigenvalue weighted by atomic mass is 32.1. The first kappa shape index (κ1) is 12.4. The molecule has 0 saturated carbocycles. The van der Waals surface area contributed by atoms with E-state index >= 15 is 0 Å². The summed E-state index contributed by atoms with van der Waals surface area (Å²) < 4.78 is 7.41. The Labute approximate surface area is 123 Å². The van der Waals surface area contributed by atoms with E-state index in [1.807, 2.05) is 32.0 Å². The molecule has 0 aliphatic rings. The minimum absolute atomic E-state index is 0.281. The Morgan fingerprint density at radius 1 is 0.684 bits per heavy atom. The van der Waals surface area contributed by atoms with Gasteiger partial charge in [-0.25, -0.2) is 0 Å². The van der Waals surface area contributed by atoms with Crippen molar-refractivity contribution >= 4 is 43.8 Å². The second-order valence-electron chi connectivity index (χ2n) is 3.86. The highest BCUT2D eigenvalue weighted by molar-refractivity contribution is 7.71. The molecule has 96 valence electrons. The van der Waals surface area contributed by atoms with E-state index in [0.717, 1.165) is 0 Å². The number of hydrogen-bond donors (Lipinski definition) is 3. The summed E-state index contributed by atoms with van der Waals surface area (Å²) in [5.74, 6) is 0. The SMILES string of the molecule is S=c1[nH]ccn1B(n1cc[nH]c1=S)n1cc[nH]c1=S. The van der Waals surface area contributed by atoms with Crippen LogP contribution in [0.25, 0.3) is 0 Å². The molecule has 3 heterocycles. The van der Waals surface area contributed by atoms with E-state index in [0.29, 0.717) is 14.3 Å². The van der Waals surface area contributed by atoms with Crippen LogP contribution in [0, 0.1) is 14.3 Å². The second kappa shape index (κ2) is 4.80. The van der Waals surface area contributed by atoms with Crippen molar-refractivity contribution in [2.45, 2.75) is 0 Å². The van der Waals surface area contributed by atoms with Gasteiger partial charge in [-0.2, -0.15) is 0 Å². The summed E-state index contributed by atoms with van der Waals surface area (Å²) in [5.41, 5.74) is 0.